The SMILES string of the molecule is COc1cc(C=C2SC(=Nc3cccc(C)c3)NC2=O)ccc1OCc1ccccc1C#N. The van der Waals surface area contributed by atoms with Crippen LogP contribution in [0.25, 0.3) is 6.08 Å². The molecule has 6 nitrogen and oxygen atoms in total. The lowest BCUT2D eigenvalue weighted by atomic mass is 10.1. The number of carbonyl (C=O) groups excluding carboxylic acids is 1. The van der Waals surface area contributed by atoms with E-state index in [1.165, 1.54) is 11.8 Å². The number of ether oxygens (including phenoxy) is 2. The summed E-state index contributed by atoms with van der Waals surface area (Å²) in [5.74, 6) is 0.896. The van der Waals surface area contributed by atoms with Gasteiger partial charge in [0.1, 0.15) is 6.61 Å². The molecular formula is C26H21N3O3S. The molecule has 0 bridgehead atoms. The molecule has 3 aromatic carbocycles. The molecular weight excluding hydrogens is 434 g/mol. The molecule has 0 saturated carbocycles. The van der Waals surface area contributed by atoms with Crippen molar-refractivity contribution in [2.75, 3.05) is 7.11 Å². The molecule has 1 saturated heterocycles. The van der Waals surface area contributed by atoms with E-state index in [9.17, 15) is 10.1 Å². The van der Waals surface area contributed by atoms with Crippen molar-refractivity contribution in [2.45, 2.75) is 13.5 Å². The summed E-state index contributed by atoms with van der Waals surface area (Å²) < 4.78 is 11.4. The summed E-state index contributed by atoms with van der Waals surface area (Å²) >= 11 is 1.29. The maximum Gasteiger partial charge on any atom is 0.264 e. The van der Waals surface area contributed by atoms with Gasteiger partial charge in [0.25, 0.3) is 5.91 Å². The fraction of sp³-hybridized carbons (Fsp3) is 0.115. The zero-order valence-corrected chi connectivity index (χ0v) is 19.0. The number of amidine groups is 1. The molecule has 7 heteroatoms. The summed E-state index contributed by atoms with van der Waals surface area (Å²) in [6.45, 7) is 2.25. The van der Waals surface area contributed by atoms with E-state index in [-0.39, 0.29) is 12.5 Å². The van der Waals surface area contributed by atoms with Crippen molar-refractivity contribution in [1.82, 2.24) is 5.32 Å². The normalized spacial score (nSPS) is 15.4. The van der Waals surface area contributed by atoms with Crippen LogP contribution in [0.15, 0.2) is 76.6 Å². The first-order valence-corrected chi connectivity index (χ1v) is 11.0. The summed E-state index contributed by atoms with van der Waals surface area (Å²) in [5, 5.41) is 12.6. The third kappa shape index (κ3) is 5.43. The Balaban J connectivity index is 1.50. The van der Waals surface area contributed by atoms with E-state index >= 15 is 0 Å². The lowest BCUT2D eigenvalue weighted by Crippen LogP contribution is -2.19. The van der Waals surface area contributed by atoms with Gasteiger partial charge >= 0.3 is 0 Å². The van der Waals surface area contributed by atoms with Crippen LogP contribution in [0.5, 0.6) is 11.5 Å². The van der Waals surface area contributed by atoms with Gasteiger partial charge in [-0.05, 0) is 66.2 Å². The molecule has 1 aliphatic heterocycles. The number of nitrogens with zero attached hydrogens (tertiary/aromatic N) is 2. The predicted molar refractivity (Wildman–Crippen MR) is 130 cm³/mol. The largest absolute Gasteiger partial charge is 0.493 e. The minimum atomic E-state index is -0.196. The lowest BCUT2D eigenvalue weighted by Gasteiger charge is -2.12. The van der Waals surface area contributed by atoms with Gasteiger partial charge in [0.05, 0.1) is 29.3 Å². The lowest BCUT2D eigenvalue weighted by molar-refractivity contribution is -0.115. The van der Waals surface area contributed by atoms with Crippen molar-refractivity contribution in [1.29, 1.82) is 5.26 Å². The van der Waals surface area contributed by atoms with Gasteiger partial charge in [-0.2, -0.15) is 5.26 Å². The summed E-state index contributed by atoms with van der Waals surface area (Å²) in [6, 6.07) is 22.7. The average molecular weight is 456 g/mol. The molecule has 0 aromatic heterocycles. The third-order valence-corrected chi connectivity index (χ3v) is 5.80. The highest BCUT2D eigenvalue weighted by Gasteiger charge is 2.24. The second-order valence-corrected chi connectivity index (χ2v) is 8.32. The van der Waals surface area contributed by atoms with Gasteiger partial charge in [-0.25, -0.2) is 4.99 Å². The maximum atomic E-state index is 12.4. The van der Waals surface area contributed by atoms with Gasteiger partial charge < -0.3 is 14.8 Å². The molecule has 1 fully saturated rings. The molecule has 4 rings (SSSR count). The minimum Gasteiger partial charge on any atom is -0.493 e. The minimum absolute atomic E-state index is 0.196. The van der Waals surface area contributed by atoms with Crippen LogP contribution in [0, 0.1) is 18.3 Å². The van der Waals surface area contributed by atoms with E-state index in [0.29, 0.717) is 27.1 Å². The van der Waals surface area contributed by atoms with Crippen LogP contribution in [0.1, 0.15) is 22.3 Å². The van der Waals surface area contributed by atoms with Crippen LogP contribution in [-0.2, 0) is 11.4 Å². The van der Waals surface area contributed by atoms with Crippen LogP contribution >= 0.6 is 11.8 Å². The Morgan fingerprint density at radius 2 is 1.94 bits per heavy atom. The molecule has 3 aromatic rings. The molecule has 164 valence electrons. The van der Waals surface area contributed by atoms with Crippen molar-refractivity contribution in [3.05, 3.63) is 93.9 Å². The summed E-state index contributed by atoms with van der Waals surface area (Å²) in [5.41, 5.74) is 4.07. The number of rotatable bonds is 6. The number of hydrogen-bond acceptors (Lipinski definition) is 6. The average Bonchev–Trinajstić information content (AvgIpc) is 3.16. The zero-order chi connectivity index (χ0) is 23.2. The summed E-state index contributed by atoms with van der Waals surface area (Å²) in [6.07, 6.45) is 1.79. The first-order chi connectivity index (χ1) is 16.1. The Hall–Kier alpha value is -4.02. The highest BCUT2D eigenvalue weighted by atomic mass is 32.2. The molecule has 0 radical (unpaired) electrons. The second-order valence-electron chi connectivity index (χ2n) is 7.29. The number of amides is 1. The molecule has 0 unspecified atom stereocenters. The van der Waals surface area contributed by atoms with Crippen molar-refractivity contribution in [2.24, 2.45) is 4.99 Å². The number of aliphatic imine (C=N–C) groups is 1. The van der Waals surface area contributed by atoms with Gasteiger partial charge in [-0.1, -0.05) is 36.4 Å². The Bertz CT molecular complexity index is 1310. The molecule has 1 amide bonds. The number of methoxy groups -OCH3 is 1. The molecule has 0 aliphatic carbocycles. The molecule has 0 spiro atoms. The highest BCUT2D eigenvalue weighted by Crippen LogP contribution is 2.33. The highest BCUT2D eigenvalue weighted by molar-refractivity contribution is 8.18. The maximum absolute atomic E-state index is 12.4. The number of thioether (sulfide) groups is 1. The molecule has 1 aliphatic rings. The number of benzene rings is 3. The van der Waals surface area contributed by atoms with E-state index < -0.39 is 0 Å². The van der Waals surface area contributed by atoms with Crippen LogP contribution in [0.3, 0.4) is 0 Å². The van der Waals surface area contributed by atoms with E-state index in [4.69, 9.17) is 9.47 Å². The van der Waals surface area contributed by atoms with Crippen LogP contribution in [0.2, 0.25) is 0 Å². The fourth-order valence-electron chi connectivity index (χ4n) is 3.25. The fourth-order valence-corrected chi connectivity index (χ4v) is 4.09. The van der Waals surface area contributed by atoms with Gasteiger partial charge in [-0.15, -0.1) is 0 Å². The van der Waals surface area contributed by atoms with Gasteiger partial charge in [0.2, 0.25) is 0 Å². The van der Waals surface area contributed by atoms with Gasteiger partial charge in [0, 0.05) is 5.56 Å². The molecule has 1 heterocycles. The number of aryl methyl sites for hydroxylation is 1. The molecule has 0 atom stereocenters. The summed E-state index contributed by atoms with van der Waals surface area (Å²) in [4.78, 5) is 17.5. The standard InChI is InChI=1S/C26H21N3O3S/c1-17-6-5-9-21(12-17)28-26-29-25(30)24(33-26)14-18-10-11-22(23(13-18)31-2)32-16-20-8-4-3-7-19(20)15-27/h3-14H,16H2,1-2H3,(H,28,29,30). The van der Waals surface area contributed by atoms with Gasteiger partial charge in [-0.3, -0.25) is 4.79 Å². The summed E-state index contributed by atoms with van der Waals surface area (Å²) in [7, 11) is 1.56. The van der Waals surface area contributed by atoms with Crippen molar-refractivity contribution >= 4 is 34.6 Å². The first-order valence-electron chi connectivity index (χ1n) is 10.2. The topological polar surface area (TPSA) is 83.7 Å². The molecule has 33 heavy (non-hydrogen) atoms. The molecule has 1 N–H and O–H groups in total. The number of carbonyl (C=O) groups is 1. The Kier molecular flexibility index (Phi) is 6.77. The van der Waals surface area contributed by atoms with Crippen LogP contribution in [-0.4, -0.2) is 18.2 Å². The van der Waals surface area contributed by atoms with E-state index in [1.54, 1.807) is 25.3 Å². The van der Waals surface area contributed by atoms with Crippen molar-refractivity contribution in [3.63, 3.8) is 0 Å². The Labute approximate surface area is 196 Å². The van der Waals surface area contributed by atoms with Crippen LogP contribution < -0.4 is 14.8 Å². The zero-order valence-electron chi connectivity index (χ0n) is 18.2. The third-order valence-electron chi connectivity index (χ3n) is 4.89. The predicted octanol–water partition coefficient (Wildman–Crippen LogP) is 5.35. The van der Waals surface area contributed by atoms with Crippen molar-refractivity contribution in [3.8, 4) is 17.6 Å². The monoisotopic (exact) mass is 455 g/mol. The van der Waals surface area contributed by atoms with Crippen molar-refractivity contribution < 1.29 is 14.3 Å². The smallest absolute Gasteiger partial charge is 0.264 e. The quantitative estimate of drug-likeness (QED) is 0.507. The Morgan fingerprint density at radius 1 is 1.09 bits per heavy atom. The van der Waals surface area contributed by atoms with E-state index in [1.807, 2.05) is 61.5 Å². The number of nitriles is 1. The number of nitrogens with one attached hydrogen (secondary N) is 1. The van der Waals surface area contributed by atoms with Gasteiger partial charge in [0.15, 0.2) is 16.7 Å². The first kappa shape index (κ1) is 22.2. The van der Waals surface area contributed by atoms with Crippen LogP contribution in [0.4, 0.5) is 5.69 Å². The van der Waals surface area contributed by atoms with E-state index in [0.717, 1.165) is 22.4 Å². The number of hydrogen-bond donors (Lipinski definition) is 1. The second kappa shape index (κ2) is 10.1. The Morgan fingerprint density at radius 3 is 2.73 bits per heavy atom. The van der Waals surface area contributed by atoms with E-state index in [2.05, 4.69) is 16.4 Å².